The van der Waals surface area contributed by atoms with Gasteiger partial charge in [0.15, 0.2) is 0 Å². The maximum absolute atomic E-state index is 12.7. The van der Waals surface area contributed by atoms with Crippen molar-refractivity contribution in [1.29, 1.82) is 0 Å². The lowest BCUT2D eigenvalue weighted by atomic mass is 9.86. The second-order valence-electron chi connectivity index (χ2n) is 5.92. The van der Waals surface area contributed by atoms with Gasteiger partial charge >= 0.3 is 0 Å². The normalized spacial score (nSPS) is 22.4. The molecule has 0 spiro atoms. The van der Waals surface area contributed by atoms with Gasteiger partial charge in [-0.2, -0.15) is 0 Å². The van der Waals surface area contributed by atoms with Crippen LogP contribution in [-0.2, 0) is 0 Å². The second-order valence-corrected chi connectivity index (χ2v) is 7.01. The van der Waals surface area contributed by atoms with Crippen molar-refractivity contribution >= 4 is 27.3 Å². The molecule has 1 heterocycles. The first-order valence-corrected chi connectivity index (χ1v) is 8.37. The van der Waals surface area contributed by atoms with Crippen molar-refractivity contribution in [3.05, 3.63) is 35.2 Å². The molecule has 1 N–H and O–H groups in total. The van der Waals surface area contributed by atoms with Gasteiger partial charge in [0.25, 0.3) is 5.91 Å². The Morgan fingerprint density at radius 1 is 1.29 bits per heavy atom. The van der Waals surface area contributed by atoms with Gasteiger partial charge in [-0.3, -0.25) is 4.79 Å². The third-order valence-corrected chi connectivity index (χ3v) is 5.68. The highest BCUT2D eigenvalue weighted by molar-refractivity contribution is 7.20. The van der Waals surface area contributed by atoms with E-state index in [1.165, 1.54) is 4.70 Å². The largest absolute Gasteiger partial charge is 0.396 e. The van der Waals surface area contributed by atoms with E-state index >= 15 is 0 Å². The molecule has 3 nitrogen and oxygen atoms in total. The zero-order valence-corrected chi connectivity index (χ0v) is 13.1. The van der Waals surface area contributed by atoms with E-state index < -0.39 is 0 Å². The Kier molecular flexibility index (Phi) is 4.27. The number of carbonyl (C=O) groups is 1. The average Bonchev–Trinajstić information content (AvgIpc) is 2.97. The molecule has 1 aromatic heterocycles. The summed E-state index contributed by atoms with van der Waals surface area (Å²) < 4.78 is 1.17. The summed E-state index contributed by atoms with van der Waals surface area (Å²) in [6, 6.07) is 10.4. The van der Waals surface area contributed by atoms with E-state index in [1.54, 1.807) is 11.3 Å². The SMILES string of the molecule is CN(C(=O)c1cc2ccccc2s1)C1CCC(CO)CC1. The standard InChI is InChI=1S/C17H21NO2S/c1-18(14-8-6-12(11-19)7-9-14)17(20)16-10-13-4-2-3-5-15(13)21-16/h2-5,10,12,14,19H,6-9,11H2,1H3. The molecule has 0 bridgehead atoms. The molecule has 0 saturated heterocycles. The smallest absolute Gasteiger partial charge is 0.263 e. The van der Waals surface area contributed by atoms with E-state index in [0.29, 0.717) is 12.0 Å². The number of aliphatic hydroxyl groups is 1. The lowest BCUT2D eigenvalue weighted by Crippen LogP contribution is -2.39. The van der Waals surface area contributed by atoms with Crippen molar-refractivity contribution in [1.82, 2.24) is 4.90 Å². The van der Waals surface area contributed by atoms with Crippen LogP contribution in [0.4, 0.5) is 0 Å². The van der Waals surface area contributed by atoms with Crippen LogP contribution in [0.1, 0.15) is 35.4 Å². The molecule has 3 rings (SSSR count). The number of benzene rings is 1. The van der Waals surface area contributed by atoms with E-state index in [1.807, 2.05) is 30.1 Å². The summed E-state index contributed by atoms with van der Waals surface area (Å²) >= 11 is 1.57. The van der Waals surface area contributed by atoms with Crippen molar-refractivity contribution in [2.75, 3.05) is 13.7 Å². The third kappa shape index (κ3) is 2.97. The Bertz CT molecular complexity index is 596. The van der Waals surface area contributed by atoms with Gasteiger partial charge in [-0.15, -0.1) is 11.3 Å². The van der Waals surface area contributed by atoms with Gasteiger partial charge in [0.1, 0.15) is 0 Å². The Balaban J connectivity index is 1.72. The zero-order valence-electron chi connectivity index (χ0n) is 12.3. The predicted octanol–water partition coefficient (Wildman–Crippen LogP) is 3.52. The van der Waals surface area contributed by atoms with Gasteiger partial charge < -0.3 is 10.0 Å². The fourth-order valence-electron chi connectivity index (χ4n) is 3.14. The van der Waals surface area contributed by atoms with Crippen LogP contribution in [-0.4, -0.2) is 35.6 Å². The number of carbonyl (C=O) groups excluding carboxylic acids is 1. The maximum Gasteiger partial charge on any atom is 0.263 e. The Labute approximate surface area is 129 Å². The van der Waals surface area contributed by atoms with Crippen LogP contribution in [0.25, 0.3) is 10.1 Å². The average molecular weight is 303 g/mol. The number of hydrogen-bond acceptors (Lipinski definition) is 3. The highest BCUT2D eigenvalue weighted by Gasteiger charge is 2.27. The summed E-state index contributed by atoms with van der Waals surface area (Å²) in [6.45, 7) is 0.278. The van der Waals surface area contributed by atoms with E-state index in [-0.39, 0.29) is 12.5 Å². The third-order valence-electron chi connectivity index (χ3n) is 4.58. The van der Waals surface area contributed by atoms with Gasteiger partial charge in [-0.05, 0) is 49.1 Å². The van der Waals surface area contributed by atoms with E-state index in [0.717, 1.165) is 35.9 Å². The van der Waals surface area contributed by atoms with Gasteiger partial charge in [-0.1, -0.05) is 18.2 Å². The van der Waals surface area contributed by atoms with Crippen LogP contribution in [0, 0.1) is 5.92 Å². The molecule has 2 aromatic rings. The fourth-order valence-corrected chi connectivity index (χ4v) is 4.19. The molecule has 1 aromatic carbocycles. The van der Waals surface area contributed by atoms with Crippen LogP contribution in [0.2, 0.25) is 0 Å². The number of aliphatic hydroxyl groups excluding tert-OH is 1. The Morgan fingerprint density at radius 3 is 2.67 bits per heavy atom. The van der Waals surface area contributed by atoms with Crippen LogP contribution in [0.15, 0.2) is 30.3 Å². The second kappa shape index (κ2) is 6.16. The summed E-state index contributed by atoms with van der Waals surface area (Å²) in [5.74, 6) is 0.553. The molecule has 1 amide bonds. The highest BCUT2D eigenvalue weighted by atomic mass is 32.1. The molecule has 0 aliphatic heterocycles. The van der Waals surface area contributed by atoms with Gasteiger partial charge in [0.05, 0.1) is 4.88 Å². The first kappa shape index (κ1) is 14.5. The quantitative estimate of drug-likeness (QED) is 0.942. The molecule has 4 heteroatoms. The van der Waals surface area contributed by atoms with Gasteiger partial charge in [0.2, 0.25) is 0 Å². The molecule has 0 unspecified atom stereocenters. The maximum atomic E-state index is 12.7. The monoisotopic (exact) mass is 303 g/mol. The summed E-state index contributed by atoms with van der Waals surface area (Å²) in [7, 11) is 1.91. The van der Waals surface area contributed by atoms with Crippen molar-refractivity contribution in [3.63, 3.8) is 0 Å². The lowest BCUT2D eigenvalue weighted by Gasteiger charge is -2.33. The number of nitrogens with zero attached hydrogens (tertiary/aromatic N) is 1. The van der Waals surface area contributed by atoms with E-state index in [4.69, 9.17) is 0 Å². The van der Waals surface area contributed by atoms with Crippen molar-refractivity contribution in [3.8, 4) is 0 Å². The first-order valence-electron chi connectivity index (χ1n) is 7.55. The summed E-state index contributed by atoms with van der Waals surface area (Å²) in [4.78, 5) is 15.4. The van der Waals surface area contributed by atoms with Crippen molar-refractivity contribution in [2.24, 2.45) is 5.92 Å². The molecule has 1 fully saturated rings. The highest BCUT2D eigenvalue weighted by Crippen LogP contribution is 2.30. The fraction of sp³-hybridized carbons (Fsp3) is 0.471. The Morgan fingerprint density at radius 2 is 2.00 bits per heavy atom. The minimum Gasteiger partial charge on any atom is -0.396 e. The van der Waals surface area contributed by atoms with Crippen molar-refractivity contribution < 1.29 is 9.90 Å². The molecule has 0 atom stereocenters. The van der Waals surface area contributed by atoms with Crippen LogP contribution >= 0.6 is 11.3 Å². The molecule has 0 radical (unpaired) electrons. The van der Waals surface area contributed by atoms with E-state index in [9.17, 15) is 9.90 Å². The molecule has 1 saturated carbocycles. The van der Waals surface area contributed by atoms with Crippen LogP contribution in [0.3, 0.4) is 0 Å². The van der Waals surface area contributed by atoms with Gasteiger partial charge in [-0.25, -0.2) is 0 Å². The first-order chi connectivity index (χ1) is 10.2. The summed E-state index contributed by atoms with van der Waals surface area (Å²) in [6.07, 6.45) is 4.03. The number of thiophene rings is 1. The zero-order chi connectivity index (χ0) is 14.8. The Hall–Kier alpha value is -1.39. The molecule has 21 heavy (non-hydrogen) atoms. The molecular formula is C17H21NO2S. The number of fused-ring (bicyclic) bond motifs is 1. The van der Waals surface area contributed by atoms with Crippen molar-refractivity contribution in [2.45, 2.75) is 31.7 Å². The topological polar surface area (TPSA) is 40.5 Å². The lowest BCUT2D eigenvalue weighted by molar-refractivity contribution is 0.0657. The minimum absolute atomic E-state index is 0.128. The van der Waals surface area contributed by atoms with Gasteiger partial charge in [0, 0.05) is 24.4 Å². The summed E-state index contributed by atoms with van der Waals surface area (Å²) in [5.41, 5.74) is 0. The van der Waals surface area contributed by atoms with Crippen LogP contribution in [0.5, 0.6) is 0 Å². The predicted molar refractivity (Wildman–Crippen MR) is 86.8 cm³/mol. The summed E-state index contributed by atoms with van der Waals surface area (Å²) in [5, 5.41) is 10.3. The molecule has 1 aliphatic rings. The minimum atomic E-state index is 0.128. The number of hydrogen-bond donors (Lipinski definition) is 1. The molecular weight excluding hydrogens is 282 g/mol. The number of rotatable bonds is 3. The molecule has 112 valence electrons. The number of amides is 1. The molecule has 1 aliphatic carbocycles. The van der Waals surface area contributed by atoms with E-state index in [2.05, 4.69) is 12.1 Å². The van der Waals surface area contributed by atoms with Crippen LogP contribution < -0.4 is 0 Å².